The fourth-order valence-electron chi connectivity index (χ4n) is 3.19. The first-order valence-corrected chi connectivity index (χ1v) is 9.29. The zero-order valence-electron chi connectivity index (χ0n) is 16.8. The van der Waals surface area contributed by atoms with E-state index in [-0.39, 0.29) is 17.9 Å². The van der Waals surface area contributed by atoms with Gasteiger partial charge < -0.3 is 19.4 Å². The molecule has 1 N–H and O–H groups in total. The molecular weight excluding hydrogens is 358 g/mol. The van der Waals surface area contributed by atoms with Crippen LogP contribution >= 0.6 is 0 Å². The molecule has 0 unspecified atom stereocenters. The summed E-state index contributed by atoms with van der Waals surface area (Å²) >= 11 is 0. The van der Waals surface area contributed by atoms with Crippen molar-refractivity contribution in [2.45, 2.75) is 18.9 Å². The number of rotatable bonds is 6. The van der Waals surface area contributed by atoms with E-state index in [2.05, 4.69) is 10.2 Å². The van der Waals surface area contributed by atoms with E-state index in [0.29, 0.717) is 25.1 Å². The van der Waals surface area contributed by atoms with Crippen molar-refractivity contribution in [1.29, 1.82) is 0 Å². The molecule has 0 saturated carbocycles. The number of aromatic amines is 1. The minimum absolute atomic E-state index is 0.0617. The van der Waals surface area contributed by atoms with Crippen LogP contribution in [0.4, 0.5) is 5.69 Å². The molecule has 0 saturated heterocycles. The highest BCUT2D eigenvalue weighted by molar-refractivity contribution is 5.95. The van der Waals surface area contributed by atoms with Crippen molar-refractivity contribution in [3.63, 3.8) is 0 Å². The van der Waals surface area contributed by atoms with Gasteiger partial charge in [0.05, 0.1) is 24.3 Å². The van der Waals surface area contributed by atoms with Crippen molar-refractivity contribution in [3.05, 3.63) is 41.7 Å². The molecule has 0 aliphatic carbocycles. The van der Waals surface area contributed by atoms with Crippen molar-refractivity contribution in [1.82, 2.24) is 20.0 Å². The van der Waals surface area contributed by atoms with Gasteiger partial charge in [0.1, 0.15) is 12.4 Å². The van der Waals surface area contributed by atoms with Gasteiger partial charge in [0, 0.05) is 46.5 Å². The number of amides is 2. The van der Waals surface area contributed by atoms with Crippen molar-refractivity contribution in [2.24, 2.45) is 0 Å². The summed E-state index contributed by atoms with van der Waals surface area (Å²) in [7, 11) is 7.20. The molecule has 0 fully saturated rings. The van der Waals surface area contributed by atoms with Gasteiger partial charge in [-0.15, -0.1) is 0 Å². The second-order valence-corrected chi connectivity index (χ2v) is 7.33. The van der Waals surface area contributed by atoms with Gasteiger partial charge >= 0.3 is 0 Å². The number of hydrogen-bond donors (Lipinski definition) is 1. The smallest absolute Gasteiger partial charge is 0.253 e. The second-order valence-electron chi connectivity index (χ2n) is 7.33. The van der Waals surface area contributed by atoms with Crippen LogP contribution in [0.3, 0.4) is 0 Å². The number of carbonyl (C=O) groups excluding carboxylic acids is 2. The van der Waals surface area contributed by atoms with Crippen molar-refractivity contribution in [2.75, 3.05) is 46.2 Å². The first kappa shape index (κ1) is 19.7. The van der Waals surface area contributed by atoms with Gasteiger partial charge in [-0.25, -0.2) is 0 Å². The number of likely N-dealkylation sites (N-methyl/N-ethyl adjacent to an activating group) is 2. The fourth-order valence-corrected chi connectivity index (χ4v) is 3.19. The maximum atomic E-state index is 12.7. The molecule has 0 bridgehead atoms. The number of nitrogens with zero attached hydrogens (tertiary/aromatic N) is 4. The number of benzene rings is 1. The van der Waals surface area contributed by atoms with Crippen LogP contribution in [0.5, 0.6) is 5.75 Å². The Kier molecular flexibility index (Phi) is 5.87. The maximum absolute atomic E-state index is 12.7. The third-order valence-electron chi connectivity index (χ3n) is 5.10. The van der Waals surface area contributed by atoms with Gasteiger partial charge in [0.15, 0.2) is 0 Å². The highest BCUT2D eigenvalue weighted by Gasteiger charge is 2.28. The van der Waals surface area contributed by atoms with E-state index in [9.17, 15) is 9.59 Å². The van der Waals surface area contributed by atoms with Crippen LogP contribution in [0.1, 0.15) is 22.3 Å². The molecule has 8 nitrogen and oxygen atoms in total. The monoisotopic (exact) mass is 385 g/mol. The molecule has 8 heteroatoms. The summed E-state index contributed by atoms with van der Waals surface area (Å²) in [6.07, 6.45) is 4.72. The summed E-state index contributed by atoms with van der Waals surface area (Å²) in [6, 6.07) is 5.33. The minimum Gasteiger partial charge on any atom is -0.489 e. The third kappa shape index (κ3) is 4.27. The topological polar surface area (TPSA) is 81.8 Å². The number of nitrogens with one attached hydrogen (secondary N) is 1. The minimum atomic E-state index is -0.0823. The molecule has 1 aliphatic rings. The Hall–Kier alpha value is -3.03. The predicted molar refractivity (Wildman–Crippen MR) is 107 cm³/mol. The Balaban J connectivity index is 1.64. The van der Waals surface area contributed by atoms with Crippen LogP contribution in [0.25, 0.3) is 0 Å². The molecule has 2 amide bonds. The Morgan fingerprint density at radius 2 is 2.11 bits per heavy atom. The average Bonchev–Trinajstić information content (AvgIpc) is 3.21. The van der Waals surface area contributed by atoms with Gasteiger partial charge in [-0.1, -0.05) is 0 Å². The summed E-state index contributed by atoms with van der Waals surface area (Å²) in [5.74, 6) is 0.733. The number of anilines is 1. The predicted octanol–water partition coefficient (Wildman–Crippen LogP) is 1.40. The number of carbonyl (C=O) groups is 2. The van der Waals surface area contributed by atoms with Gasteiger partial charge in [0.2, 0.25) is 5.91 Å². The van der Waals surface area contributed by atoms with Gasteiger partial charge in [-0.2, -0.15) is 5.10 Å². The largest absolute Gasteiger partial charge is 0.489 e. The highest BCUT2D eigenvalue weighted by Crippen LogP contribution is 2.34. The highest BCUT2D eigenvalue weighted by atomic mass is 16.5. The average molecular weight is 385 g/mol. The fraction of sp³-hybridized carbons (Fsp3) is 0.450. The first-order valence-electron chi connectivity index (χ1n) is 9.29. The van der Waals surface area contributed by atoms with E-state index in [0.717, 1.165) is 23.4 Å². The van der Waals surface area contributed by atoms with Crippen LogP contribution in [0.15, 0.2) is 30.6 Å². The van der Waals surface area contributed by atoms with E-state index in [1.54, 1.807) is 36.2 Å². The van der Waals surface area contributed by atoms with Crippen LogP contribution < -0.4 is 9.64 Å². The summed E-state index contributed by atoms with van der Waals surface area (Å²) < 4.78 is 5.85. The molecule has 2 heterocycles. The van der Waals surface area contributed by atoms with Crippen LogP contribution in [-0.4, -0.2) is 79.2 Å². The molecule has 1 atom stereocenters. The zero-order valence-corrected chi connectivity index (χ0v) is 16.8. The lowest BCUT2D eigenvalue weighted by molar-refractivity contribution is -0.130. The van der Waals surface area contributed by atoms with Gasteiger partial charge in [-0.3, -0.25) is 14.7 Å². The van der Waals surface area contributed by atoms with Gasteiger partial charge in [-0.05, 0) is 30.2 Å². The lowest BCUT2D eigenvalue weighted by Gasteiger charge is -2.36. The SMILES string of the molecule is CN(C)C(=O)c1ccc2c(c1)N(C)[C@@H](CC(=O)N(C)CCc1cn[nH]c1)CO2. The Bertz CT molecular complexity index is 834. The first-order chi connectivity index (χ1) is 13.4. The van der Waals surface area contributed by atoms with Crippen LogP contribution in [-0.2, 0) is 11.2 Å². The zero-order chi connectivity index (χ0) is 20.3. The summed E-state index contributed by atoms with van der Waals surface area (Å²) in [5, 5.41) is 6.70. The molecule has 0 radical (unpaired) electrons. The lowest BCUT2D eigenvalue weighted by atomic mass is 10.1. The van der Waals surface area contributed by atoms with E-state index >= 15 is 0 Å². The molecule has 2 aromatic rings. The van der Waals surface area contributed by atoms with Crippen molar-refractivity contribution >= 4 is 17.5 Å². The summed E-state index contributed by atoms with van der Waals surface area (Å²) in [5.41, 5.74) is 2.51. The van der Waals surface area contributed by atoms with Crippen molar-refractivity contribution < 1.29 is 14.3 Å². The maximum Gasteiger partial charge on any atom is 0.253 e. The number of H-pyrrole nitrogens is 1. The number of hydrogen-bond acceptors (Lipinski definition) is 5. The second kappa shape index (κ2) is 8.33. The molecular formula is C20H27N5O3. The third-order valence-corrected chi connectivity index (χ3v) is 5.10. The number of aromatic nitrogens is 2. The molecule has 0 spiro atoms. The molecule has 3 rings (SSSR count). The van der Waals surface area contributed by atoms with Crippen LogP contribution in [0.2, 0.25) is 0 Å². The molecule has 1 aromatic heterocycles. The summed E-state index contributed by atoms with van der Waals surface area (Å²) in [6.45, 7) is 1.07. The Morgan fingerprint density at radius 3 is 2.79 bits per heavy atom. The lowest BCUT2D eigenvalue weighted by Crippen LogP contribution is -2.44. The Labute approximate surface area is 165 Å². The normalized spacial score (nSPS) is 15.6. The Morgan fingerprint density at radius 1 is 1.32 bits per heavy atom. The quantitative estimate of drug-likeness (QED) is 0.813. The molecule has 28 heavy (non-hydrogen) atoms. The standard InChI is InChI=1S/C20H27N5O3/c1-23(2)20(27)15-5-6-18-17(9-15)25(4)16(13-28-18)10-19(26)24(3)8-7-14-11-21-22-12-14/h5-6,9,11-12,16H,7-8,10,13H2,1-4H3,(H,21,22)/t16-/m0/s1. The molecule has 1 aromatic carbocycles. The van der Waals surface area contributed by atoms with Gasteiger partial charge in [0.25, 0.3) is 5.91 Å². The van der Waals surface area contributed by atoms with E-state index in [1.807, 2.05) is 37.3 Å². The van der Waals surface area contributed by atoms with Crippen LogP contribution in [0, 0.1) is 0 Å². The summed E-state index contributed by atoms with van der Waals surface area (Å²) in [4.78, 5) is 30.2. The van der Waals surface area contributed by atoms with E-state index < -0.39 is 0 Å². The van der Waals surface area contributed by atoms with Crippen molar-refractivity contribution in [3.8, 4) is 5.75 Å². The molecule has 150 valence electrons. The number of fused-ring (bicyclic) bond motifs is 1. The van der Waals surface area contributed by atoms with E-state index in [1.165, 1.54) is 0 Å². The number of ether oxygens (including phenoxy) is 1. The van der Waals surface area contributed by atoms with E-state index in [4.69, 9.17) is 4.74 Å². The molecule has 1 aliphatic heterocycles.